The highest BCUT2D eigenvalue weighted by Gasteiger charge is 2.13. The molecule has 0 atom stereocenters. The van der Waals surface area contributed by atoms with E-state index in [4.69, 9.17) is 0 Å². The van der Waals surface area contributed by atoms with Gasteiger partial charge in [-0.05, 0) is 23.6 Å². The summed E-state index contributed by atoms with van der Waals surface area (Å²) in [4.78, 5) is 13.0. The lowest BCUT2D eigenvalue weighted by molar-refractivity contribution is 0.0951. The van der Waals surface area contributed by atoms with Crippen molar-refractivity contribution in [3.05, 3.63) is 52.0 Å². The van der Waals surface area contributed by atoms with Crippen LogP contribution >= 0.6 is 11.3 Å². The molecule has 5 heteroatoms. The van der Waals surface area contributed by atoms with Crippen LogP contribution in [0, 0.1) is 5.82 Å². The van der Waals surface area contributed by atoms with Crippen LogP contribution in [0.4, 0.5) is 10.1 Å². The molecule has 18 heavy (non-hydrogen) atoms. The summed E-state index contributed by atoms with van der Waals surface area (Å²) in [7, 11) is 1.59. The summed E-state index contributed by atoms with van der Waals surface area (Å²) in [5.74, 6) is -0.714. The van der Waals surface area contributed by atoms with Crippen molar-refractivity contribution in [2.45, 2.75) is 6.54 Å². The number of rotatable bonds is 4. The summed E-state index contributed by atoms with van der Waals surface area (Å²) in [6, 6.07) is 8.31. The monoisotopic (exact) mass is 264 g/mol. The topological polar surface area (TPSA) is 41.1 Å². The van der Waals surface area contributed by atoms with Gasteiger partial charge in [-0.3, -0.25) is 4.79 Å². The molecule has 0 unspecified atom stereocenters. The van der Waals surface area contributed by atoms with Gasteiger partial charge in [0.25, 0.3) is 5.91 Å². The summed E-state index contributed by atoms with van der Waals surface area (Å²) in [5, 5.41) is 7.42. The van der Waals surface area contributed by atoms with E-state index >= 15 is 0 Å². The largest absolute Gasteiger partial charge is 0.385 e. The smallest absolute Gasteiger partial charge is 0.253 e. The molecule has 0 saturated carbocycles. The van der Waals surface area contributed by atoms with Crippen LogP contribution in [0.25, 0.3) is 0 Å². The molecule has 1 aromatic carbocycles. The molecule has 0 saturated heterocycles. The highest BCUT2D eigenvalue weighted by atomic mass is 32.1. The van der Waals surface area contributed by atoms with Crippen LogP contribution in [0.3, 0.4) is 0 Å². The van der Waals surface area contributed by atoms with Gasteiger partial charge in [0.05, 0.1) is 17.8 Å². The van der Waals surface area contributed by atoms with Crippen molar-refractivity contribution in [3.63, 3.8) is 0 Å². The Balaban J connectivity index is 2.11. The molecule has 1 heterocycles. The molecule has 0 aliphatic heterocycles. The normalized spacial score (nSPS) is 10.1. The van der Waals surface area contributed by atoms with Crippen LogP contribution in [0.15, 0.2) is 35.7 Å². The second kappa shape index (κ2) is 5.64. The summed E-state index contributed by atoms with van der Waals surface area (Å²) < 4.78 is 13.5. The standard InChI is InChI=1S/C13H13FN2OS/c1-15-12-10(5-2-6-11(12)14)13(17)16-8-9-4-3-7-18-9/h2-7,15H,8H2,1H3,(H,16,17). The van der Waals surface area contributed by atoms with Gasteiger partial charge in [-0.25, -0.2) is 4.39 Å². The number of thiophene rings is 1. The highest BCUT2D eigenvalue weighted by Crippen LogP contribution is 2.19. The molecule has 0 aliphatic rings. The molecule has 2 N–H and O–H groups in total. The first kappa shape index (κ1) is 12.6. The minimum absolute atomic E-state index is 0.223. The number of para-hydroxylation sites is 1. The van der Waals surface area contributed by atoms with Crippen molar-refractivity contribution in [2.24, 2.45) is 0 Å². The van der Waals surface area contributed by atoms with E-state index in [0.717, 1.165) is 4.88 Å². The molecular weight excluding hydrogens is 251 g/mol. The molecule has 0 radical (unpaired) electrons. The number of benzene rings is 1. The van der Waals surface area contributed by atoms with Crippen LogP contribution in [-0.4, -0.2) is 13.0 Å². The molecule has 1 aromatic heterocycles. The SMILES string of the molecule is CNc1c(F)cccc1C(=O)NCc1cccs1. The number of nitrogens with one attached hydrogen (secondary N) is 2. The average molecular weight is 264 g/mol. The summed E-state index contributed by atoms with van der Waals surface area (Å²) >= 11 is 1.57. The van der Waals surface area contributed by atoms with Crippen molar-refractivity contribution < 1.29 is 9.18 Å². The molecule has 0 bridgehead atoms. The van der Waals surface area contributed by atoms with Crippen molar-refractivity contribution >= 4 is 22.9 Å². The van der Waals surface area contributed by atoms with E-state index in [9.17, 15) is 9.18 Å². The maximum atomic E-state index is 13.5. The zero-order valence-electron chi connectivity index (χ0n) is 9.87. The Hall–Kier alpha value is -1.88. The number of hydrogen-bond donors (Lipinski definition) is 2. The maximum Gasteiger partial charge on any atom is 0.253 e. The Morgan fingerprint density at radius 3 is 2.83 bits per heavy atom. The number of anilines is 1. The van der Waals surface area contributed by atoms with Crippen LogP contribution in [0.2, 0.25) is 0 Å². The first-order valence-electron chi connectivity index (χ1n) is 5.49. The molecule has 94 valence electrons. The van der Waals surface area contributed by atoms with Crippen molar-refractivity contribution in [1.29, 1.82) is 0 Å². The Bertz CT molecular complexity index is 540. The van der Waals surface area contributed by atoms with Gasteiger partial charge >= 0.3 is 0 Å². The third kappa shape index (κ3) is 2.68. The first-order chi connectivity index (χ1) is 8.72. The molecule has 0 spiro atoms. The quantitative estimate of drug-likeness (QED) is 0.891. The van der Waals surface area contributed by atoms with Gasteiger partial charge in [-0.1, -0.05) is 12.1 Å². The second-order valence-corrected chi connectivity index (χ2v) is 4.71. The van der Waals surface area contributed by atoms with Gasteiger partial charge < -0.3 is 10.6 Å². The molecule has 2 aromatic rings. The molecule has 0 fully saturated rings. The van der Waals surface area contributed by atoms with Crippen molar-refractivity contribution in [2.75, 3.05) is 12.4 Å². The van der Waals surface area contributed by atoms with E-state index in [-0.39, 0.29) is 11.6 Å². The van der Waals surface area contributed by atoms with Crippen LogP contribution in [0.5, 0.6) is 0 Å². The van der Waals surface area contributed by atoms with E-state index < -0.39 is 5.82 Å². The third-order valence-electron chi connectivity index (χ3n) is 2.51. The predicted molar refractivity (Wildman–Crippen MR) is 71.4 cm³/mol. The zero-order valence-corrected chi connectivity index (χ0v) is 10.7. The minimum Gasteiger partial charge on any atom is -0.385 e. The van der Waals surface area contributed by atoms with Crippen LogP contribution in [0.1, 0.15) is 15.2 Å². The Labute approximate surface area is 109 Å². The average Bonchev–Trinajstić information content (AvgIpc) is 2.88. The fourth-order valence-corrected chi connectivity index (χ4v) is 2.29. The number of halogens is 1. The van der Waals surface area contributed by atoms with Gasteiger partial charge in [0.1, 0.15) is 5.82 Å². The summed E-state index contributed by atoms with van der Waals surface area (Å²) in [5.41, 5.74) is 0.537. The summed E-state index contributed by atoms with van der Waals surface area (Å²) in [6.07, 6.45) is 0. The van der Waals surface area contributed by atoms with E-state index in [1.165, 1.54) is 12.1 Å². The van der Waals surface area contributed by atoms with Gasteiger partial charge in [-0.2, -0.15) is 0 Å². The number of hydrogen-bond acceptors (Lipinski definition) is 3. The maximum absolute atomic E-state index is 13.5. The molecule has 2 rings (SSSR count). The Kier molecular flexibility index (Phi) is 3.94. The van der Waals surface area contributed by atoms with Gasteiger partial charge in [0.2, 0.25) is 0 Å². The van der Waals surface area contributed by atoms with E-state index in [1.54, 1.807) is 24.5 Å². The van der Waals surface area contributed by atoms with Gasteiger partial charge in [-0.15, -0.1) is 11.3 Å². The predicted octanol–water partition coefficient (Wildman–Crippen LogP) is 2.86. The van der Waals surface area contributed by atoms with E-state index in [0.29, 0.717) is 12.1 Å². The molecule has 1 amide bonds. The lowest BCUT2D eigenvalue weighted by Gasteiger charge is -2.10. The van der Waals surface area contributed by atoms with E-state index in [2.05, 4.69) is 10.6 Å². The van der Waals surface area contributed by atoms with Crippen molar-refractivity contribution in [1.82, 2.24) is 5.32 Å². The number of carbonyl (C=O) groups is 1. The number of amides is 1. The second-order valence-electron chi connectivity index (χ2n) is 3.67. The fraction of sp³-hybridized carbons (Fsp3) is 0.154. The number of carbonyl (C=O) groups excluding carboxylic acids is 1. The first-order valence-corrected chi connectivity index (χ1v) is 6.37. The van der Waals surface area contributed by atoms with Gasteiger partial charge in [0, 0.05) is 11.9 Å². The van der Waals surface area contributed by atoms with Crippen molar-refractivity contribution in [3.8, 4) is 0 Å². The summed E-state index contributed by atoms with van der Waals surface area (Å²) in [6.45, 7) is 0.455. The van der Waals surface area contributed by atoms with Gasteiger partial charge in [0.15, 0.2) is 0 Å². The Morgan fingerprint density at radius 2 is 2.17 bits per heavy atom. The molecular formula is C13H13FN2OS. The Morgan fingerprint density at radius 1 is 1.33 bits per heavy atom. The third-order valence-corrected chi connectivity index (χ3v) is 3.39. The lowest BCUT2D eigenvalue weighted by Crippen LogP contribution is -2.23. The molecule has 3 nitrogen and oxygen atoms in total. The highest BCUT2D eigenvalue weighted by molar-refractivity contribution is 7.09. The molecule has 0 aliphatic carbocycles. The van der Waals surface area contributed by atoms with Crippen LogP contribution < -0.4 is 10.6 Å². The minimum atomic E-state index is -0.429. The van der Waals surface area contributed by atoms with Crippen LogP contribution in [-0.2, 0) is 6.54 Å². The lowest BCUT2D eigenvalue weighted by atomic mass is 10.1. The fourth-order valence-electron chi connectivity index (χ4n) is 1.64. The zero-order chi connectivity index (χ0) is 13.0. The van der Waals surface area contributed by atoms with E-state index in [1.807, 2.05) is 17.5 Å².